The molecule has 1 aliphatic rings. The Balaban J connectivity index is 2.13. The Morgan fingerprint density at radius 2 is 1.61 bits per heavy atom. The van der Waals surface area contributed by atoms with Gasteiger partial charge in [-0.3, -0.25) is 14.5 Å². The molecule has 33 heavy (non-hydrogen) atoms. The molecule has 0 bridgehead atoms. The topological polar surface area (TPSA) is 85.4 Å². The number of barbiturate groups is 1. The second kappa shape index (κ2) is 11.1. The van der Waals surface area contributed by atoms with E-state index in [-0.39, 0.29) is 18.7 Å². The molecule has 0 N–H and O–H groups in total. The fourth-order valence-electron chi connectivity index (χ4n) is 3.32. The van der Waals surface area contributed by atoms with Crippen LogP contribution in [0, 0.1) is 0 Å². The van der Waals surface area contributed by atoms with Gasteiger partial charge in [0, 0.05) is 18.7 Å². The molecule has 0 atom stereocenters. The summed E-state index contributed by atoms with van der Waals surface area (Å²) in [6.45, 7) is 4.68. The predicted octanol–water partition coefficient (Wildman–Crippen LogP) is 4.27. The summed E-state index contributed by atoms with van der Waals surface area (Å²) in [6.07, 6.45) is 1.44. The molecule has 4 amide bonds. The van der Waals surface area contributed by atoms with Crippen LogP contribution in [0.5, 0.6) is 11.5 Å². The maximum atomic E-state index is 13.4. The summed E-state index contributed by atoms with van der Waals surface area (Å²) in [5.41, 5.74) is 0.704. The van der Waals surface area contributed by atoms with E-state index in [2.05, 4.69) is 15.9 Å². The largest absolute Gasteiger partial charge is 0.493 e. The van der Waals surface area contributed by atoms with Crippen LogP contribution in [0.4, 0.5) is 10.5 Å². The molecule has 1 aliphatic heterocycles. The average Bonchev–Trinajstić information content (AvgIpc) is 2.80. The van der Waals surface area contributed by atoms with Crippen LogP contribution in [0.1, 0.15) is 19.4 Å². The first kappa shape index (κ1) is 24.5. The smallest absolute Gasteiger partial charge is 0.338 e. The summed E-state index contributed by atoms with van der Waals surface area (Å²) in [7, 11) is 1.47. The number of para-hydroxylation sites is 1. The Bertz CT molecular complexity index is 1070. The van der Waals surface area contributed by atoms with E-state index in [9.17, 15) is 14.4 Å². The fourth-order valence-corrected chi connectivity index (χ4v) is 3.80. The number of urea groups is 1. The number of hydrogen-bond donors (Lipinski definition) is 0. The minimum Gasteiger partial charge on any atom is -0.493 e. The number of imide groups is 2. The van der Waals surface area contributed by atoms with Crippen molar-refractivity contribution in [3.05, 3.63) is 58.1 Å². The normalized spacial score (nSPS) is 15.4. The van der Waals surface area contributed by atoms with Crippen LogP contribution in [0.2, 0.25) is 0 Å². The number of amides is 4. The van der Waals surface area contributed by atoms with Gasteiger partial charge in [0.25, 0.3) is 11.8 Å². The Kier molecular flexibility index (Phi) is 8.24. The van der Waals surface area contributed by atoms with E-state index in [0.29, 0.717) is 40.4 Å². The van der Waals surface area contributed by atoms with Crippen molar-refractivity contribution in [2.45, 2.75) is 13.8 Å². The van der Waals surface area contributed by atoms with E-state index in [1.807, 2.05) is 13.8 Å². The zero-order chi connectivity index (χ0) is 24.0. The van der Waals surface area contributed by atoms with Crippen molar-refractivity contribution in [2.75, 3.05) is 38.4 Å². The van der Waals surface area contributed by atoms with Crippen molar-refractivity contribution in [3.8, 4) is 11.5 Å². The Hall–Kier alpha value is -3.17. The lowest BCUT2D eigenvalue weighted by Gasteiger charge is -2.33. The highest BCUT2D eigenvalue weighted by atomic mass is 79.9. The van der Waals surface area contributed by atoms with Crippen LogP contribution in [0.3, 0.4) is 0 Å². The van der Waals surface area contributed by atoms with E-state index >= 15 is 0 Å². The van der Waals surface area contributed by atoms with Gasteiger partial charge in [0.05, 0.1) is 36.5 Å². The second-order valence-electron chi connectivity index (χ2n) is 6.95. The molecule has 0 unspecified atom stereocenters. The van der Waals surface area contributed by atoms with Crippen molar-refractivity contribution in [3.63, 3.8) is 0 Å². The first-order chi connectivity index (χ1) is 15.9. The number of carbonyl (C=O) groups excluding carboxylic acids is 3. The Labute approximate surface area is 200 Å². The lowest BCUT2D eigenvalue weighted by Crippen LogP contribution is -2.57. The summed E-state index contributed by atoms with van der Waals surface area (Å²) in [4.78, 5) is 41.7. The van der Waals surface area contributed by atoms with Gasteiger partial charge in [-0.15, -0.1) is 0 Å². The number of methoxy groups -OCH3 is 1. The van der Waals surface area contributed by atoms with Crippen LogP contribution in [-0.2, 0) is 14.3 Å². The summed E-state index contributed by atoms with van der Waals surface area (Å²) in [6, 6.07) is 11.2. The number of benzene rings is 2. The molecule has 1 heterocycles. The number of anilines is 1. The van der Waals surface area contributed by atoms with Gasteiger partial charge in [-0.2, -0.15) is 0 Å². The number of carbonyl (C=O) groups is 3. The Morgan fingerprint density at radius 1 is 0.939 bits per heavy atom. The summed E-state index contributed by atoms with van der Waals surface area (Å²) < 4.78 is 17.0. The SMILES string of the molecule is CCOc1cc(OCC)c(/C=C2/C(=O)N(CCOC)C(=O)N(c3ccccc3)C2=O)cc1Br. The van der Waals surface area contributed by atoms with Crippen LogP contribution in [-0.4, -0.2) is 56.2 Å². The summed E-state index contributed by atoms with van der Waals surface area (Å²) >= 11 is 3.46. The van der Waals surface area contributed by atoms with Crippen LogP contribution >= 0.6 is 15.9 Å². The van der Waals surface area contributed by atoms with Crippen molar-refractivity contribution >= 4 is 45.5 Å². The molecule has 0 radical (unpaired) electrons. The molecule has 2 aromatic rings. The molecular formula is C24H25BrN2O6. The monoisotopic (exact) mass is 516 g/mol. The van der Waals surface area contributed by atoms with Crippen LogP contribution < -0.4 is 14.4 Å². The van der Waals surface area contributed by atoms with Crippen LogP contribution in [0.25, 0.3) is 6.08 Å². The molecular weight excluding hydrogens is 492 g/mol. The molecule has 2 aromatic carbocycles. The van der Waals surface area contributed by atoms with Crippen molar-refractivity contribution < 1.29 is 28.6 Å². The molecule has 174 valence electrons. The fraction of sp³-hybridized carbons (Fsp3) is 0.292. The number of halogens is 1. The van der Waals surface area contributed by atoms with Gasteiger partial charge in [0.2, 0.25) is 0 Å². The molecule has 9 heteroatoms. The number of rotatable bonds is 9. The highest BCUT2D eigenvalue weighted by molar-refractivity contribution is 9.10. The summed E-state index contributed by atoms with van der Waals surface area (Å²) in [5.74, 6) is -0.380. The highest BCUT2D eigenvalue weighted by Gasteiger charge is 2.42. The van der Waals surface area contributed by atoms with Crippen LogP contribution in [0.15, 0.2) is 52.5 Å². The van der Waals surface area contributed by atoms with E-state index in [0.717, 1.165) is 9.80 Å². The van der Waals surface area contributed by atoms with E-state index < -0.39 is 17.8 Å². The van der Waals surface area contributed by atoms with Gasteiger partial charge in [-0.1, -0.05) is 18.2 Å². The standard InChI is InChI=1S/C24H25BrN2O6/c1-4-32-20-15-21(33-5-2)19(25)14-16(20)13-18-22(28)26(11-12-31-3)24(30)27(23(18)29)17-9-7-6-8-10-17/h6-10,13-15H,4-5,11-12H2,1-3H3/b18-13-. The average molecular weight is 517 g/mol. The molecule has 0 saturated carbocycles. The van der Waals surface area contributed by atoms with Gasteiger partial charge in [-0.05, 0) is 54.1 Å². The van der Waals surface area contributed by atoms with Gasteiger partial charge in [0.15, 0.2) is 0 Å². The van der Waals surface area contributed by atoms with Crippen molar-refractivity contribution in [1.82, 2.24) is 4.90 Å². The zero-order valence-corrected chi connectivity index (χ0v) is 20.3. The first-order valence-corrected chi connectivity index (χ1v) is 11.3. The van der Waals surface area contributed by atoms with Crippen molar-refractivity contribution in [1.29, 1.82) is 0 Å². The molecule has 0 spiro atoms. The lowest BCUT2D eigenvalue weighted by molar-refractivity contribution is -0.129. The maximum Gasteiger partial charge on any atom is 0.338 e. The molecule has 1 fully saturated rings. The number of hydrogen-bond acceptors (Lipinski definition) is 6. The molecule has 1 saturated heterocycles. The predicted molar refractivity (Wildman–Crippen MR) is 127 cm³/mol. The van der Waals surface area contributed by atoms with E-state index in [1.54, 1.807) is 42.5 Å². The quantitative estimate of drug-likeness (QED) is 0.365. The first-order valence-electron chi connectivity index (χ1n) is 10.5. The summed E-state index contributed by atoms with van der Waals surface area (Å²) in [5, 5.41) is 0. The molecule has 3 rings (SSSR count). The van der Waals surface area contributed by atoms with E-state index in [1.165, 1.54) is 13.2 Å². The minimum atomic E-state index is -0.719. The number of ether oxygens (including phenoxy) is 3. The maximum absolute atomic E-state index is 13.4. The van der Waals surface area contributed by atoms with Crippen molar-refractivity contribution in [2.24, 2.45) is 0 Å². The number of nitrogens with zero attached hydrogens (tertiary/aromatic N) is 2. The third-order valence-electron chi connectivity index (χ3n) is 4.83. The molecule has 0 aromatic heterocycles. The third kappa shape index (κ3) is 5.26. The Morgan fingerprint density at radius 3 is 2.24 bits per heavy atom. The zero-order valence-electron chi connectivity index (χ0n) is 18.7. The minimum absolute atomic E-state index is 0.00735. The van der Waals surface area contributed by atoms with E-state index in [4.69, 9.17) is 14.2 Å². The molecule has 0 aliphatic carbocycles. The second-order valence-corrected chi connectivity index (χ2v) is 7.81. The highest BCUT2D eigenvalue weighted by Crippen LogP contribution is 2.35. The third-order valence-corrected chi connectivity index (χ3v) is 5.45. The van der Waals surface area contributed by atoms with Gasteiger partial charge in [-0.25, -0.2) is 9.69 Å². The molecule has 8 nitrogen and oxygen atoms in total. The lowest BCUT2D eigenvalue weighted by atomic mass is 10.0. The van der Waals surface area contributed by atoms with Gasteiger partial charge < -0.3 is 14.2 Å². The van der Waals surface area contributed by atoms with Gasteiger partial charge >= 0.3 is 6.03 Å². The van der Waals surface area contributed by atoms with Gasteiger partial charge in [0.1, 0.15) is 17.1 Å².